The first-order valence-corrected chi connectivity index (χ1v) is 26.3. The van der Waals surface area contributed by atoms with Crippen molar-refractivity contribution in [1.82, 2.24) is 0 Å². The molecule has 63 heavy (non-hydrogen) atoms. The maximum Gasteiger partial charge on any atom is 0.306 e. The molecule has 0 aromatic rings. The molecule has 0 saturated carbocycles. The Balaban J connectivity index is 4.41. The van der Waals surface area contributed by atoms with Crippen LogP contribution in [0.3, 0.4) is 0 Å². The maximum atomic E-state index is 12.7. The number of allylic oxidation sites excluding steroid dienone is 14. The van der Waals surface area contributed by atoms with Gasteiger partial charge in [-0.1, -0.05) is 195 Å². The fourth-order valence-electron chi connectivity index (χ4n) is 6.35. The molecule has 2 atom stereocenters. The molecule has 0 aliphatic heterocycles. The average molecular weight is 902 g/mol. The molecule has 0 amide bonds. The summed E-state index contributed by atoms with van der Waals surface area (Å²) in [7, 11) is 1.12. The summed E-state index contributed by atoms with van der Waals surface area (Å²) in [5.41, 5.74) is 0. The lowest BCUT2D eigenvalue weighted by Crippen LogP contribution is -2.37. The zero-order valence-corrected chi connectivity index (χ0v) is 41.6. The van der Waals surface area contributed by atoms with Gasteiger partial charge in [0.1, 0.15) is 19.8 Å². The van der Waals surface area contributed by atoms with E-state index >= 15 is 0 Å². The fraction of sp³-hybridized carbons (Fsp3) is 0.698. The molecule has 0 saturated heterocycles. The molecule has 362 valence electrons. The van der Waals surface area contributed by atoms with E-state index in [1.165, 1.54) is 83.5 Å². The number of likely N-dealkylation sites (N-methyl/N-ethyl adjacent to an activating group) is 1. The Morgan fingerprint density at radius 3 is 1.33 bits per heavy atom. The van der Waals surface area contributed by atoms with Crippen LogP contribution in [0.4, 0.5) is 0 Å². The van der Waals surface area contributed by atoms with Crippen molar-refractivity contribution >= 4 is 19.8 Å². The van der Waals surface area contributed by atoms with Crippen LogP contribution in [0.15, 0.2) is 85.1 Å². The molecule has 0 aromatic carbocycles. The lowest BCUT2D eigenvalue weighted by molar-refractivity contribution is -0.870. The third kappa shape index (κ3) is 48.5. The number of carbonyl (C=O) groups excluding carboxylic acids is 2. The number of hydrogen-bond donors (Lipinski definition) is 0. The highest BCUT2D eigenvalue weighted by atomic mass is 31.2. The van der Waals surface area contributed by atoms with E-state index in [4.69, 9.17) is 18.5 Å². The average Bonchev–Trinajstić information content (AvgIpc) is 3.24. The lowest BCUT2D eigenvalue weighted by atomic mass is 10.0. The van der Waals surface area contributed by atoms with Gasteiger partial charge in [0, 0.05) is 12.8 Å². The number of phosphoric acid groups is 1. The van der Waals surface area contributed by atoms with Crippen LogP contribution in [0.25, 0.3) is 0 Å². The van der Waals surface area contributed by atoms with Crippen molar-refractivity contribution < 1.29 is 42.1 Å². The quantitative estimate of drug-likeness (QED) is 0.0195. The van der Waals surface area contributed by atoms with E-state index in [0.717, 1.165) is 64.2 Å². The monoisotopic (exact) mass is 902 g/mol. The Labute approximate surface area is 386 Å². The number of hydrogen-bond acceptors (Lipinski definition) is 8. The molecule has 0 aliphatic rings. The van der Waals surface area contributed by atoms with Gasteiger partial charge in [0.05, 0.1) is 27.7 Å². The zero-order chi connectivity index (χ0) is 46.4. The first-order chi connectivity index (χ1) is 30.5. The van der Waals surface area contributed by atoms with Crippen molar-refractivity contribution in [2.75, 3.05) is 47.5 Å². The summed E-state index contributed by atoms with van der Waals surface area (Å²) < 4.78 is 33.9. The topological polar surface area (TPSA) is 111 Å². The number of quaternary nitrogens is 1. The van der Waals surface area contributed by atoms with Crippen molar-refractivity contribution in [1.29, 1.82) is 0 Å². The highest BCUT2D eigenvalue weighted by Crippen LogP contribution is 2.38. The molecule has 0 heterocycles. The summed E-state index contributed by atoms with van der Waals surface area (Å²) >= 11 is 0. The minimum atomic E-state index is -4.65. The Morgan fingerprint density at radius 2 is 0.905 bits per heavy atom. The van der Waals surface area contributed by atoms with Crippen molar-refractivity contribution in [3.63, 3.8) is 0 Å². The molecule has 0 fully saturated rings. The summed E-state index contributed by atoms with van der Waals surface area (Å²) in [5, 5.41) is 0. The van der Waals surface area contributed by atoms with Crippen molar-refractivity contribution in [3.05, 3.63) is 85.1 Å². The summed E-state index contributed by atoms with van der Waals surface area (Å²) in [6, 6.07) is 0. The Morgan fingerprint density at radius 1 is 0.508 bits per heavy atom. The molecule has 2 unspecified atom stereocenters. The molecular formula is C53H92NO8P. The van der Waals surface area contributed by atoms with Crippen molar-refractivity contribution in [2.45, 2.75) is 193 Å². The SMILES string of the molecule is CC/C=C\C/C=C\C/C=C\C/C=C\C/C=C\C/C=C\C/C=C\CCCC(=O)OC(COC(=O)CCCCCCCCCCCCCCCCCC)COP(=O)([O-])OCC[N+](C)(C)C. The number of carbonyl (C=O) groups is 2. The van der Waals surface area contributed by atoms with Crippen LogP contribution in [0.5, 0.6) is 0 Å². The van der Waals surface area contributed by atoms with Gasteiger partial charge < -0.3 is 27.9 Å². The van der Waals surface area contributed by atoms with Gasteiger partial charge in [0.2, 0.25) is 0 Å². The second-order valence-corrected chi connectivity index (χ2v) is 18.9. The molecule has 9 nitrogen and oxygen atoms in total. The van der Waals surface area contributed by atoms with Crippen LogP contribution in [-0.2, 0) is 32.7 Å². The molecule has 0 rings (SSSR count). The second-order valence-electron chi connectivity index (χ2n) is 17.5. The van der Waals surface area contributed by atoms with Crippen molar-refractivity contribution in [2.24, 2.45) is 0 Å². The van der Waals surface area contributed by atoms with Gasteiger partial charge in [-0.25, -0.2) is 0 Å². The maximum absolute atomic E-state index is 12.7. The van der Waals surface area contributed by atoms with Gasteiger partial charge in [-0.15, -0.1) is 0 Å². The van der Waals surface area contributed by atoms with E-state index < -0.39 is 32.5 Å². The van der Waals surface area contributed by atoms with E-state index in [2.05, 4.69) is 92.8 Å². The van der Waals surface area contributed by atoms with Crippen molar-refractivity contribution in [3.8, 4) is 0 Å². The van der Waals surface area contributed by atoms with Gasteiger partial charge >= 0.3 is 11.9 Å². The lowest BCUT2D eigenvalue weighted by Gasteiger charge is -2.28. The van der Waals surface area contributed by atoms with Gasteiger partial charge in [-0.05, 0) is 64.2 Å². The minimum Gasteiger partial charge on any atom is -0.756 e. The standard InChI is InChI=1S/C53H92NO8P/c1-6-8-10-12-14-16-18-20-22-24-25-26-27-28-29-30-32-34-36-38-40-42-44-46-53(56)62-51(50-61-63(57,58)60-48-47-54(3,4)5)49-59-52(55)45-43-41-39-37-35-33-31-23-21-19-17-15-13-11-9-7-2/h8,10,14,16,20,22,25-26,28-29,32,34,38,40,51H,6-7,9,11-13,15,17-19,21,23-24,27,30-31,33,35-37,39,41-50H2,1-5H3/b10-8-,16-14-,22-20-,26-25-,29-28-,34-32-,40-38-. The normalized spacial score (nSPS) is 14.2. The highest BCUT2D eigenvalue weighted by molar-refractivity contribution is 7.45. The Hall–Kier alpha value is -2.81. The molecule has 0 radical (unpaired) electrons. The van der Waals surface area contributed by atoms with Crippen LogP contribution in [0.2, 0.25) is 0 Å². The molecule has 0 aliphatic carbocycles. The summed E-state index contributed by atoms with van der Waals surface area (Å²) in [6.07, 6.45) is 57.6. The van der Waals surface area contributed by atoms with Crippen LogP contribution < -0.4 is 4.89 Å². The van der Waals surface area contributed by atoms with Gasteiger partial charge in [0.25, 0.3) is 7.82 Å². The number of rotatable bonds is 44. The van der Waals surface area contributed by atoms with Crippen LogP contribution in [0.1, 0.15) is 187 Å². The van der Waals surface area contributed by atoms with Gasteiger partial charge in [0.15, 0.2) is 6.10 Å². The fourth-order valence-corrected chi connectivity index (χ4v) is 7.08. The number of nitrogens with zero attached hydrogens (tertiary/aromatic N) is 1. The van der Waals surface area contributed by atoms with E-state index in [9.17, 15) is 19.0 Å². The first-order valence-electron chi connectivity index (χ1n) is 24.8. The van der Waals surface area contributed by atoms with E-state index in [0.29, 0.717) is 23.9 Å². The van der Waals surface area contributed by atoms with Gasteiger partial charge in [-0.3, -0.25) is 14.2 Å². The van der Waals surface area contributed by atoms with E-state index in [1.807, 2.05) is 27.2 Å². The summed E-state index contributed by atoms with van der Waals surface area (Å²) in [4.78, 5) is 37.7. The largest absolute Gasteiger partial charge is 0.756 e. The molecule has 0 spiro atoms. The molecule has 0 bridgehead atoms. The smallest absolute Gasteiger partial charge is 0.306 e. The van der Waals surface area contributed by atoms with Crippen LogP contribution >= 0.6 is 7.82 Å². The first kappa shape index (κ1) is 60.2. The summed E-state index contributed by atoms with van der Waals surface area (Å²) in [6.45, 7) is 4.05. The predicted octanol–water partition coefficient (Wildman–Crippen LogP) is 14.1. The third-order valence-corrected chi connectivity index (χ3v) is 11.1. The number of unbranched alkanes of at least 4 members (excludes halogenated alkanes) is 16. The molecule has 0 N–H and O–H groups in total. The number of esters is 2. The Kier molecular flexibility index (Phi) is 42.4. The van der Waals surface area contributed by atoms with E-state index in [1.54, 1.807) is 0 Å². The minimum absolute atomic E-state index is 0.0450. The second kappa shape index (κ2) is 44.4. The highest BCUT2D eigenvalue weighted by Gasteiger charge is 2.21. The van der Waals surface area contributed by atoms with Gasteiger partial charge in [-0.2, -0.15) is 0 Å². The zero-order valence-electron chi connectivity index (χ0n) is 40.7. The summed E-state index contributed by atoms with van der Waals surface area (Å²) in [5.74, 6) is -0.905. The Bertz CT molecular complexity index is 1340. The van der Waals surface area contributed by atoms with Crippen LogP contribution in [-0.4, -0.2) is 70.0 Å². The molecule has 0 aromatic heterocycles. The molecule has 10 heteroatoms. The van der Waals surface area contributed by atoms with Crippen LogP contribution in [0, 0.1) is 0 Å². The molecular weight excluding hydrogens is 810 g/mol. The predicted molar refractivity (Wildman–Crippen MR) is 263 cm³/mol. The number of ether oxygens (including phenoxy) is 2. The third-order valence-electron chi connectivity index (χ3n) is 10.2. The van der Waals surface area contributed by atoms with E-state index in [-0.39, 0.29) is 26.1 Å². The number of phosphoric ester groups is 1.